The molecule has 0 spiro atoms. The molecule has 1 heterocycles. The van der Waals surface area contributed by atoms with E-state index in [9.17, 15) is 14.9 Å². The molecule has 0 saturated heterocycles. The first-order chi connectivity index (χ1) is 11.6. The highest BCUT2D eigenvalue weighted by atomic mass is 32.2. The lowest BCUT2D eigenvalue weighted by Crippen LogP contribution is -2.15. The van der Waals surface area contributed by atoms with Crippen LogP contribution in [0.2, 0.25) is 0 Å². The molecule has 24 heavy (non-hydrogen) atoms. The second-order valence-corrected chi connectivity index (χ2v) is 6.80. The number of ketones is 1. The molecule has 0 unspecified atom stereocenters. The summed E-state index contributed by atoms with van der Waals surface area (Å²) in [6, 6.07) is 4.72. The van der Waals surface area contributed by atoms with Crippen LogP contribution in [0, 0.1) is 10.1 Å². The minimum Gasteiger partial charge on any atom is -0.295 e. The fourth-order valence-electron chi connectivity index (χ4n) is 2.87. The molecule has 1 aromatic heterocycles. The summed E-state index contributed by atoms with van der Waals surface area (Å²) in [5.74, 6) is -0.207. The summed E-state index contributed by atoms with van der Waals surface area (Å²) in [5, 5.41) is 23.7. The van der Waals surface area contributed by atoms with E-state index in [4.69, 9.17) is 0 Å². The van der Waals surface area contributed by atoms with Crippen LogP contribution in [0.3, 0.4) is 0 Å². The van der Waals surface area contributed by atoms with Gasteiger partial charge in [-0.3, -0.25) is 14.9 Å². The summed E-state index contributed by atoms with van der Waals surface area (Å²) in [4.78, 5) is 22.7. The van der Waals surface area contributed by atoms with Crippen LogP contribution in [-0.2, 0) is 0 Å². The van der Waals surface area contributed by atoms with E-state index < -0.39 is 4.92 Å². The smallest absolute Gasteiger partial charge is 0.284 e. The molecule has 1 saturated carbocycles. The number of nitro benzene ring substituents is 1. The fraction of sp³-hybridized carbons (Fsp3) is 0.467. The lowest BCUT2D eigenvalue weighted by atomic mass is 9.96. The second-order valence-electron chi connectivity index (χ2n) is 5.80. The van der Waals surface area contributed by atoms with Gasteiger partial charge in [0, 0.05) is 11.6 Å². The van der Waals surface area contributed by atoms with Gasteiger partial charge < -0.3 is 0 Å². The van der Waals surface area contributed by atoms with Gasteiger partial charge in [0.05, 0.1) is 15.9 Å². The minimum absolute atomic E-state index is 0.106. The molecule has 1 fully saturated rings. The quantitative estimate of drug-likeness (QED) is 0.463. The highest BCUT2D eigenvalue weighted by molar-refractivity contribution is 7.99. The molecular formula is C15H17N5O3S. The number of nitrogens with zero attached hydrogens (tertiary/aromatic N) is 5. The van der Waals surface area contributed by atoms with Crippen molar-refractivity contribution in [3.05, 3.63) is 33.9 Å². The van der Waals surface area contributed by atoms with E-state index in [0.717, 1.165) is 37.4 Å². The van der Waals surface area contributed by atoms with Gasteiger partial charge in [0.2, 0.25) is 5.16 Å². The Bertz CT molecular complexity index is 770. The first-order valence-corrected chi connectivity index (χ1v) is 8.63. The number of hydrogen-bond acceptors (Lipinski definition) is 7. The Balaban J connectivity index is 1.90. The standard InChI is InChI=1S/C15H17N5O3S/c1-10(21)11-7-8-14(13(9-11)20(22)23)24-15-16-17-18-19(15)12-5-3-2-4-6-12/h7-9,12H,2-6H2,1H3. The molecule has 1 aromatic carbocycles. The molecular weight excluding hydrogens is 330 g/mol. The molecule has 3 rings (SSSR count). The number of aromatic nitrogens is 4. The lowest BCUT2D eigenvalue weighted by Gasteiger charge is -2.21. The summed E-state index contributed by atoms with van der Waals surface area (Å²) < 4.78 is 1.77. The largest absolute Gasteiger partial charge is 0.295 e. The summed E-state index contributed by atoms with van der Waals surface area (Å²) in [6.07, 6.45) is 5.54. The zero-order valence-corrected chi connectivity index (χ0v) is 14.0. The van der Waals surface area contributed by atoms with Crippen LogP contribution in [0.5, 0.6) is 0 Å². The predicted octanol–water partition coefficient (Wildman–Crippen LogP) is 3.44. The topological polar surface area (TPSA) is 104 Å². The number of carbonyl (C=O) groups excluding carboxylic acids is 1. The van der Waals surface area contributed by atoms with Crippen molar-refractivity contribution >= 4 is 23.2 Å². The first kappa shape index (κ1) is 16.6. The maximum Gasteiger partial charge on any atom is 0.284 e. The van der Waals surface area contributed by atoms with Gasteiger partial charge in [-0.05, 0) is 54.1 Å². The zero-order chi connectivity index (χ0) is 17.1. The Morgan fingerprint density at radius 2 is 2.08 bits per heavy atom. The van der Waals surface area contributed by atoms with Crippen molar-refractivity contribution in [1.29, 1.82) is 0 Å². The van der Waals surface area contributed by atoms with Gasteiger partial charge in [0.1, 0.15) is 0 Å². The summed E-state index contributed by atoms with van der Waals surface area (Å²) in [5.41, 5.74) is 0.212. The molecule has 0 radical (unpaired) electrons. The van der Waals surface area contributed by atoms with E-state index in [0.29, 0.717) is 15.6 Å². The predicted molar refractivity (Wildman–Crippen MR) is 87.2 cm³/mol. The molecule has 2 aromatic rings. The third-order valence-corrected chi connectivity index (χ3v) is 5.16. The lowest BCUT2D eigenvalue weighted by molar-refractivity contribution is -0.387. The Hall–Kier alpha value is -2.29. The SMILES string of the molecule is CC(=O)c1ccc(Sc2nnnn2C2CCCCC2)c([N+](=O)[O-])c1. The number of carbonyl (C=O) groups is 1. The van der Waals surface area contributed by atoms with Crippen molar-refractivity contribution in [2.45, 2.75) is 55.1 Å². The molecule has 0 N–H and O–H groups in total. The van der Waals surface area contributed by atoms with Crippen LogP contribution in [0.25, 0.3) is 0 Å². The molecule has 0 bridgehead atoms. The minimum atomic E-state index is -0.483. The Morgan fingerprint density at radius 1 is 1.33 bits per heavy atom. The maximum absolute atomic E-state index is 11.4. The molecule has 0 amide bonds. The van der Waals surface area contributed by atoms with Crippen LogP contribution in [0.15, 0.2) is 28.3 Å². The van der Waals surface area contributed by atoms with Gasteiger partial charge in [-0.2, -0.15) is 0 Å². The van der Waals surface area contributed by atoms with Gasteiger partial charge in [0.15, 0.2) is 5.78 Å². The van der Waals surface area contributed by atoms with E-state index in [2.05, 4.69) is 15.5 Å². The average molecular weight is 347 g/mol. The van der Waals surface area contributed by atoms with Gasteiger partial charge in [-0.1, -0.05) is 19.3 Å². The molecule has 0 atom stereocenters. The van der Waals surface area contributed by atoms with Crippen molar-refractivity contribution in [2.24, 2.45) is 0 Å². The number of hydrogen-bond donors (Lipinski definition) is 0. The third-order valence-electron chi connectivity index (χ3n) is 4.15. The van der Waals surface area contributed by atoms with E-state index >= 15 is 0 Å². The van der Waals surface area contributed by atoms with Crippen LogP contribution >= 0.6 is 11.8 Å². The summed E-state index contributed by atoms with van der Waals surface area (Å²) in [6.45, 7) is 1.38. The monoisotopic (exact) mass is 347 g/mol. The number of rotatable bonds is 5. The molecule has 1 aliphatic carbocycles. The van der Waals surface area contributed by atoms with Gasteiger partial charge >= 0.3 is 0 Å². The molecule has 126 valence electrons. The van der Waals surface area contributed by atoms with Crippen molar-refractivity contribution in [2.75, 3.05) is 0 Å². The van der Waals surface area contributed by atoms with Crippen LogP contribution in [-0.4, -0.2) is 30.9 Å². The van der Waals surface area contributed by atoms with Crippen molar-refractivity contribution in [3.8, 4) is 0 Å². The first-order valence-electron chi connectivity index (χ1n) is 7.81. The third kappa shape index (κ3) is 3.45. The Morgan fingerprint density at radius 3 is 2.75 bits per heavy atom. The van der Waals surface area contributed by atoms with Gasteiger partial charge in [-0.25, -0.2) is 4.68 Å². The van der Waals surface area contributed by atoms with Crippen LogP contribution in [0.4, 0.5) is 5.69 Å². The number of benzene rings is 1. The van der Waals surface area contributed by atoms with E-state index in [-0.39, 0.29) is 17.5 Å². The highest BCUT2D eigenvalue weighted by Crippen LogP contribution is 2.37. The van der Waals surface area contributed by atoms with Crippen molar-refractivity contribution < 1.29 is 9.72 Å². The summed E-state index contributed by atoms with van der Waals surface area (Å²) >= 11 is 1.16. The number of Topliss-reactive ketones (excluding diaryl/α,β-unsaturated/α-hetero) is 1. The zero-order valence-electron chi connectivity index (χ0n) is 13.2. The summed E-state index contributed by atoms with van der Waals surface area (Å²) in [7, 11) is 0. The van der Waals surface area contributed by atoms with E-state index in [1.807, 2.05) is 0 Å². The number of tetrazole rings is 1. The fourth-order valence-corrected chi connectivity index (χ4v) is 3.80. The van der Waals surface area contributed by atoms with Gasteiger partial charge in [0.25, 0.3) is 5.69 Å². The molecule has 9 heteroatoms. The Labute approximate surface area is 142 Å². The van der Waals surface area contributed by atoms with Gasteiger partial charge in [-0.15, -0.1) is 5.10 Å². The van der Waals surface area contributed by atoms with Crippen molar-refractivity contribution in [1.82, 2.24) is 20.2 Å². The normalized spacial score (nSPS) is 15.4. The average Bonchev–Trinajstić information content (AvgIpc) is 3.03. The molecule has 8 nitrogen and oxygen atoms in total. The number of nitro groups is 1. The second kappa shape index (κ2) is 7.08. The molecule has 0 aliphatic heterocycles. The Kier molecular flexibility index (Phi) is 4.89. The van der Waals surface area contributed by atoms with Crippen LogP contribution < -0.4 is 0 Å². The van der Waals surface area contributed by atoms with E-state index in [1.54, 1.807) is 16.8 Å². The highest BCUT2D eigenvalue weighted by Gasteiger charge is 2.23. The molecule has 1 aliphatic rings. The maximum atomic E-state index is 11.4. The van der Waals surface area contributed by atoms with Crippen molar-refractivity contribution in [3.63, 3.8) is 0 Å². The van der Waals surface area contributed by atoms with E-state index in [1.165, 1.54) is 19.4 Å². The van der Waals surface area contributed by atoms with Crippen LogP contribution in [0.1, 0.15) is 55.4 Å².